The van der Waals surface area contributed by atoms with Crippen molar-refractivity contribution in [3.05, 3.63) is 53.7 Å². The summed E-state index contributed by atoms with van der Waals surface area (Å²) in [5.41, 5.74) is 0.700. The lowest BCUT2D eigenvalue weighted by Crippen LogP contribution is -2.44. The van der Waals surface area contributed by atoms with Crippen molar-refractivity contribution in [2.45, 2.75) is 38.8 Å². The molecule has 0 aliphatic carbocycles. The molecule has 3 N–H and O–H groups in total. The maximum Gasteiger partial charge on any atom is 0.191 e. The highest BCUT2D eigenvalue weighted by Gasteiger charge is 2.24. The van der Waals surface area contributed by atoms with Crippen molar-refractivity contribution >= 4 is 5.96 Å². The SMILES string of the molecule is CCNC(=NCc1ccc(O)c(F)c1)NCC(c1ccco1)N1CCCCC1. The van der Waals surface area contributed by atoms with E-state index < -0.39 is 5.82 Å². The molecule has 1 aliphatic rings. The minimum absolute atomic E-state index is 0.144. The Morgan fingerprint density at radius 3 is 2.75 bits per heavy atom. The van der Waals surface area contributed by atoms with Crippen LogP contribution in [0.4, 0.5) is 4.39 Å². The highest BCUT2D eigenvalue weighted by molar-refractivity contribution is 5.79. The molecule has 1 atom stereocenters. The van der Waals surface area contributed by atoms with Crippen molar-refractivity contribution in [2.24, 2.45) is 4.99 Å². The molecule has 3 rings (SSSR count). The Morgan fingerprint density at radius 2 is 2.07 bits per heavy atom. The molecule has 1 unspecified atom stereocenters. The van der Waals surface area contributed by atoms with Gasteiger partial charge in [-0.2, -0.15) is 0 Å². The lowest BCUT2D eigenvalue weighted by molar-refractivity contribution is 0.146. The number of guanidine groups is 1. The van der Waals surface area contributed by atoms with Gasteiger partial charge in [0, 0.05) is 13.1 Å². The first-order chi connectivity index (χ1) is 13.7. The summed E-state index contributed by atoms with van der Waals surface area (Å²) in [6, 6.07) is 8.41. The van der Waals surface area contributed by atoms with E-state index in [0.717, 1.165) is 25.4 Å². The first-order valence-electron chi connectivity index (χ1n) is 9.94. The number of nitrogens with one attached hydrogen (secondary N) is 2. The third-order valence-corrected chi connectivity index (χ3v) is 4.94. The standard InChI is InChI=1S/C21H29FN4O2/c1-2-23-21(24-14-16-8-9-19(27)17(22)13-16)25-15-18(20-7-6-12-28-20)26-10-4-3-5-11-26/h6-9,12-13,18,27H,2-5,10-11,14-15H2,1H3,(H2,23,24,25). The van der Waals surface area contributed by atoms with Crippen molar-refractivity contribution in [1.82, 2.24) is 15.5 Å². The number of furan rings is 1. The summed E-state index contributed by atoms with van der Waals surface area (Å²) in [7, 11) is 0. The topological polar surface area (TPSA) is 73.0 Å². The predicted octanol–water partition coefficient (Wildman–Crippen LogP) is 3.41. The van der Waals surface area contributed by atoms with Gasteiger partial charge in [0.05, 0.1) is 18.8 Å². The van der Waals surface area contributed by atoms with Crippen LogP contribution in [-0.4, -0.2) is 42.1 Å². The lowest BCUT2D eigenvalue weighted by Gasteiger charge is -2.33. The molecule has 1 aromatic heterocycles. The first-order valence-corrected chi connectivity index (χ1v) is 9.94. The lowest BCUT2D eigenvalue weighted by atomic mass is 10.1. The monoisotopic (exact) mass is 388 g/mol. The molecule has 6 nitrogen and oxygen atoms in total. The second-order valence-corrected chi connectivity index (χ2v) is 6.99. The molecule has 1 aliphatic heterocycles. The average Bonchev–Trinajstić information content (AvgIpc) is 3.24. The first kappa shape index (κ1) is 20.2. The van der Waals surface area contributed by atoms with Gasteiger partial charge in [-0.1, -0.05) is 12.5 Å². The fourth-order valence-electron chi connectivity index (χ4n) is 3.47. The van der Waals surface area contributed by atoms with Gasteiger partial charge in [-0.15, -0.1) is 0 Å². The van der Waals surface area contributed by atoms with Gasteiger partial charge < -0.3 is 20.2 Å². The molecule has 1 fully saturated rings. The number of phenols is 1. The molecule has 1 saturated heterocycles. The van der Waals surface area contributed by atoms with Crippen LogP contribution < -0.4 is 10.6 Å². The summed E-state index contributed by atoms with van der Waals surface area (Å²) in [6.07, 6.45) is 5.41. The zero-order valence-corrected chi connectivity index (χ0v) is 16.3. The molecule has 2 heterocycles. The Balaban J connectivity index is 1.66. The predicted molar refractivity (Wildman–Crippen MR) is 108 cm³/mol. The summed E-state index contributed by atoms with van der Waals surface area (Å²) >= 11 is 0. The van der Waals surface area contributed by atoms with Crippen LogP contribution in [0.5, 0.6) is 5.75 Å². The average molecular weight is 388 g/mol. The van der Waals surface area contributed by atoms with Gasteiger partial charge in [0.1, 0.15) is 5.76 Å². The number of nitrogens with zero attached hydrogens (tertiary/aromatic N) is 2. The molecule has 152 valence electrons. The van der Waals surface area contributed by atoms with Crippen LogP contribution in [0, 0.1) is 5.82 Å². The van der Waals surface area contributed by atoms with Gasteiger partial charge >= 0.3 is 0 Å². The molecule has 7 heteroatoms. The van der Waals surface area contributed by atoms with E-state index in [2.05, 4.69) is 20.5 Å². The van der Waals surface area contributed by atoms with Gasteiger partial charge in [-0.3, -0.25) is 4.90 Å². The van der Waals surface area contributed by atoms with Crippen LogP contribution >= 0.6 is 0 Å². The van der Waals surface area contributed by atoms with Crippen molar-refractivity contribution < 1.29 is 13.9 Å². The fourth-order valence-corrected chi connectivity index (χ4v) is 3.47. The van der Waals surface area contributed by atoms with Crippen molar-refractivity contribution in [3.63, 3.8) is 0 Å². The number of piperidine rings is 1. The normalized spacial score (nSPS) is 16.7. The Bertz CT molecular complexity index is 758. The zero-order chi connectivity index (χ0) is 19.8. The van der Waals surface area contributed by atoms with Crippen molar-refractivity contribution in [3.8, 4) is 5.75 Å². The number of aliphatic imine (C=N–C) groups is 1. The molecule has 2 aromatic rings. The highest BCUT2D eigenvalue weighted by Crippen LogP contribution is 2.24. The van der Waals surface area contributed by atoms with Crippen molar-refractivity contribution in [1.29, 1.82) is 0 Å². The number of hydrogen-bond donors (Lipinski definition) is 3. The van der Waals surface area contributed by atoms with E-state index in [-0.39, 0.29) is 11.8 Å². The Kier molecular flexibility index (Phi) is 7.31. The maximum atomic E-state index is 13.5. The van der Waals surface area contributed by atoms with E-state index in [4.69, 9.17) is 4.42 Å². The fraction of sp³-hybridized carbons (Fsp3) is 0.476. The van der Waals surface area contributed by atoms with Crippen LogP contribution in [-0.2, 0) is 6.54 Å². The van der Waals surface area contributed by atoms with Gasteiger partial charge in [0.2, 0.25) is 0 Å². The van der Waals surface area contributed by atoms with Crippen LogP contribution in [0.2, 0.25) is 0 Å². The van der Waals surface area contributed by atoms with Gasteiger partial charge in [-0.05, 0) is 62.7 Å². The van der Waals surface area contributed by atoms with E-state index in [9.17, 15) is 9.50 Å². The number of likely N-dealkylation sites (tertiary alicyclic amines) is 1. The molecule has 0 bridgehead atoms. The smallest absolute Gasteiger partial charge is 0.191 e. The number of aromatic hydroxyl groups is 1. The second-order valence-electron chi connectivity index (χ2n) is 6.99. The Labute approximate surface area is 165 Å². The molecule has 0 radical (unpaired) electrons. The quantitative estimate of drug-likeness (QED) is 0.501. The number of rotatable bonds is 7. The van der Waals surface area contributed by atoms with E-state index in [1.807, 2.05) is 19.1 Å². The summed E-state index contributed by atoms with van der Waals surface area (Å²) in [5, 5.41) is 15.9. The van der Waals surface area contributed by atoms with E-state index in [1.165, 1.54) is 31.4 Å². The van der Waals surface area contributed by atoms with Crippen LogP contribution in [0.25, 0.3) is 0 Å². The minimum Gasteiger partial charge on any atom is -0.505 e. The summed E-state index contributed by atoms with van der Waals surface area (Å²) in [6.45, 7) is 5.85. The highest BCUT2D eigenvalue weighted by atomic mass is 19.1. The van der Waals surface area contributed by atoms with E-state index in [0.29, 0.717) is 24.6 Å². The Morgan fingerprint density at radius 1 is 1.25 bits per heavy atom. The summed E-state index contributed by atoms with van der Waals surface area (Å²) < 4.78 is 19.2. The molecule has 28 heavy (non-hydrogen) atoms. The third kappa shape index (κ3) is 5.48. The van der Waals surface area contributed by atoms with Crippen LogP contribution in [0.15, 0.2) is 46.0 Å². The van der Waals surface area contributed by atoms with E-state index in [1.54, 1.807) is 12.3 Å². The molecule has 0 saturated carbocycles. The number of hydrogen-bond acceptors (Lipinski definition) is 4. The van der Waals surface area contributed by atoms with E-state index >= 15 is 0 Å². The summed E-state index contributed by atoms with van der Waals surface area (Å²) in [4.78, 5) is 7.00. The molecular formula is C21H29FN4O2. The summed E-state index contributed by atoms with van der Waals surface area (Å²) in [5.74, 6) is 0.643. The molecular weight excluding hydrogens is 359 g/mol. The number of benzene rings is 1. The van der Waals surface area contributed by atoms with Gasteiger partial charge in [-0.25, -0.2) is 9.38 Å². The minimum atomic E-state index is -0.631. The number of phenolic OH excluding ortho intramolecular Hbond substituents is 1. The van der Waals surface area contributed by atoms with Crippen LogP contribution in [0.1, 0.15) is 43.6 Å². The third-order valence-electron chi connectivity index (χ3n) is 4.94. The molecule has 0 spiro atoms. The largest absolute Gasteiger partial charge is 0.505 e. The Hall–Kier alpha value is -2.54. The van der Waals surface area contributed by atoms with Crippen molar-refractivity contribution in [2.75, 3.05) is 26.2 Å². The second kappa shape index (κ2) is 10.1. The maximum absolute atomic E-state index is 13.5. The van der Waals surface area contributed by atoms with Gasteiger partial charge in [0.15, 0.2) is 17.5 Å². The zero-order valence-electron chi connectivity index (χ0n) is 16.3. The van der Waals surface area contributed by atoms with Gasteiger partial charge in [0.25, 0.3) is 0 Å². The molecule has 0 amide bonds. The van der Waals surface area contributed by atoms with Crippen LogP contribution in [0.3, 0.4) is 0 Å². The molecule has 1 aromatic carbocycles. The number of halogens is 1.